The van der Waals surface area contributed by atoms with Gasteiger partial charge in [-0.15, -0.1) is 0 Å². The van der Waals surface area contributed by atoms with Gasteiger partial charge in [0.15, 0.2) is 5.78 Å². The molecule has 0 unspecified atom stereocenters. The first-order valence-electron chi connectivity index (χ1n) is 10.5. The summed E-state index contributed by atoms with van der Waals surface area (Å²) in [6.07, 6.45) is -4.67. The Bertz CT molecular complexity index is 1220. The number of thiol groups is 1. The lowest BCUT2D eigenvalue weighted by Crippen LogP contribution is -2.37. The van der Waals surface area contributed by atoms with Crippen LogP contribution in [0, 0.1) is 0 Å². The predicted molar refractivity (Wildman–Crippen MR) is 131 cm³/mol. The van der Waals surface area contributed by atoms with E-state index in [0.717, 1.165) is 12.1 Å². The van der Waals surface area contributed by atoms with Gasteiger partial charge in [0.2, 0.25) is 11.8 Å². The fourth-order valence-corrected chi connectivity index (χ4v) is 3.34. The maximum absolute atomic E-state index is 13.2. The zero-order valence-corrected chi connectivity index (χ0v) is 19.2. The van der Waals surface area contributed by atoms with E-state index < -0.39 is 35.4 Å². The Morgan fingerprint density at radius 1 is 0.914 bits per heavy atom. The number of ketones is 1. The van der Waals surface area contributed by atoms with Gasteiger partial charge in [-0.05, 0) is 35.9 Å². The number of hydrogen-bond donors (Lipinski definition) is 4. The molecule has 10 heteroatoms. The average Bonchev–Trinajstić information content (AvgIpc) is 2.84. The van der Waals surface area contributed by atoms with E-state index in [2.05, 4.69) is 23.3 Å². The van der Waals surface area contributed by atoms with E-state index in [9.17, 15) is 27.6 Å². The van der Waals surface area contributed by atoms with Crippen LogP contribution in [0.15, 0.2) is 72.8 Å². The molecule has 0 aliphatic carbocycles. The maximum Gasteiger partial charge on any atom is 0.416 e. The summed E-state index contributed by atoms with van der Waals surface area (Å²) >= 11 is 3.99. The standard InChI is InChI=1S/C25H22F3N3O3S/c26-25(27,28)17-8-6-15(7-9-17)12-22(32)31-21-11-10-18(30-24(34)20(29)14-35)13-19(21)23(33)16-4-2-1-3-5-16/h1-11,13,20,35H,12,14,29H2,(H,30,34)(H,31,32)/t20-/m0/s1. The first-order valence-corrected chi connectivity index (χ1v) is 11.1. The zero-order chi connectivity index (χ0) is 25.6. The van der Waals surface area contributed by atoms with Crippen molar-refractivity contribution < 1.29 is 27.6 Å². The van der Waals surface area contributed by atoms with Crippen LogP contribution in [0.5, 0.6) is 0 Å². The Kier molecular flexibility index (Phi) is 8.31. The van der Waals surface area contributed by atoms with Crippen LogP contribution in [-0.4, -0.2) is 29.4 Å². The molecule has 4 N–H and O–H groups in total. The van der Waals surface area contributed by atoms with Crippen molar-refractivity contribution in [2.45, 2.75) is 18.6 Å². The normalized spacial score (nSPS) is 12.0. The summed E-state index contributed by atoms with van der Waals surface area (Å²) in [6, 6.07) is 16.1. The molecule has 0 aromatic heterocycles. The summed E-state index contributed by atoms with van der Waals surface area (Å²) in [7, 11) is 0. The van der Waals surface area contributed by atoms with Crippen molar-refractivity contribution in [2.24, 2.45) is 5.73 Å². The Balaban J connectivity index is 1.85. The van der Waals surface area contributed by atoms with Crippen molar-refractivity contribution in [2.75, 3.05) is 16.4 Å². The van der Waals surface area contributed by atoms with Crippen molar-refractivity contribution >= 4 is 41.6 Å². The molecule has 0 aliphatic heterocycles. The van der Waals surface area contributed by atoms with Gasteiger partial charge in [0.1, 0.15) is 0 Å². The number of halogens is 3. The maximum atomic E-state index is 13.2. The third-order valence-corrected chi connectivity index (χ3v) is 5.41. The van der Waals surface area contributed by atoms with Crippen LogP contribution in [0.1, 0.15) is 27.0 Å². The molecule has 0 fully saturated rings. The third kappa shape index (κ3) is 6.93. The number of carbonyl (C=O) groups excluding carboxylic acids is 3. The Morgan fingerprint density at radius 2 is 1.57 bits per heavy atom. The lowest BCUT2D eigenvalue weighted by Gasteiger charge is -2.15. The van der Waals surface area contributed by atoms with Crippen molar-refractivity contribution in [1.82, 2.24) is 0 Å². The van der Waals surface area contributed by atoms with Gasteiger partial charge < -0.3 is 16.4 Å². The van der Waals surface area contributed by atoms with Gasteiger partial charge in [-0.2, -0.15) is 25.8 Å². The molecule has 2 amide bonds. The third-order valence-electron chi connectivity index (χ3n) is 5.02. The second kappa shape index (κ2) is 11.2. The lowest BCUT2D eigenvalue weighted by molar-refractivity contribution is -0.137. The summed E-state index contributed by atoms with van der Waals surface area (Å²) in [5, 5.41) is 5.24. The molecule has 35 heavy (non-hydrogen) atoms. The second-order valence-corrected chi connectivity index (χ2v) is 8.02. The molecule has 3 aromatic rings. The molecule has 0 radical (unpaired) electrons. The highest BCUT2D eigenvalue weighted by molar-refractivity contribution is 7.80. The fourth-order valence-electron chi connectivity index (χ4n) is 3.17. The monoisotopic (exact) mass is 501 g/mol. The van der Waals surface area contributed by atoms with Crippen LogP contribution >= 0.6 is 12.6 Å². The van der Waals surface area contributed by atoms with E-state index in [-0.39, 0.29) is 23.4 Å². The highest BCUT2D eigenvalue weighted by Crippen LogP contribution is 2.29. The number of hydrogen-bond acceptors (Lipinski definition) is 5. The average molecular weight is 502 g/mol. The lowest BCUT2D eigenvalue weighted by atomic mass is 10.0. The number of nitrogens with one attached hydrogen (secondary N) is 2. The summed E-state index contributed by atoms with van der Waals surface area (Å²) in [5.41, 5.74) is 6.21. The molecule has 0 saturated carbocycles. The number of anilines is 2. The van der Waals surface area contributed by atoms with E-state index in [1.165, 1.54) is 30.3 Å². The minimum absolute atomic E-state index is 0.120. The van der Waals surface area contributed by atoms with Gasteiger partial charge in [0, 0.05) is 22.6 Å². The molecule has 0 bridgehead atoms. The van der Waals surface area contributed by atoms with Gasteiger partial charge in [-0.1, -0.05) is 42.5 Å². The van der Waals surface area contributed by atoms with Crippen molar-refractivity contribution in [3.05, 3.63) is 95.1 Å². The Hall–Kier alpha value is -3.63. The van der Waals surface area contributed by atoms with Gasteiger partial charge in [0.05, 0.1) is 23.7 Å². The number of nitrogens with two attached hydrogens (primary N) is 1. The summed E-state index contributed by atoms with van der Waals surface area (Å²) in [6.45, 7) is 0. The van der Waals surface area contributed by atoms with Gasteiger partial charge in [-0.3, -0.25) is 14.4 Å². The Morgan fingerprint density at radius 3 is 2.17 bits per heavy atom. The summed E-state index contributed by atoms with van der Waals surface area (Å²) in [4.78, 5) is 37.9. The van der Waals surface area contributed by atoms with Crippen LogP contribution in [0.25, 0.3) is 0 Å². The van der Waals surface area contributed by atoms with Gasteiger partial charge in [-0.25, -0.2) is 0 Å². The molecule has 182 valence electrons. The summed E-state index contributed by atoms with van der Waals surface area (Å²) < 4.78 is 38.3. The van der Waals surface area contributed by atoms with Crippen LogP contribution < -0.4 is 16.4 Å². The molecule has 0 aliphatic rings. The van der Waals surface area contributed by atoms with E-state index in [1.807, 2.05) is 0 Å². The SMILES string of the molecule is N[C@@H](CS)C(=O)Nc1ccc(NC(=O)Cc2ccc(C(F)(F)F)cc2)c(C(=O)c2ccccc2)c1. The van der Waals surface area contributed by atoms with E-state index >= 15 is 0 Å². The molecular weight excluding hydrogens is 479 g/mol. The minimum atomic E-state index is -4.47. The summed E-state index contributed by atoms with van der Waals surface area (Å²) in [5.74, 6) is -1.29. The molecule has 1 atom stereocenters. The van der Waals surface area contributed by atoms with Gasteiger partial charge >= 0.3 is 6.18 Å². The Labute approximate surface area is 205 Å². The first-order chi connectivity index (χ1) is 16.6. The number of alkyl halides is 3. The number of rotatable bonds is 8. The van der Waals surface area contributed by atoms with E-state index in [4.69, 9.17) is 5.73 Å². The predicted octanol–water partition coefficient (Wildman–Crippen LogP) is 4.31. The molecule has 6 nitrogen and oxygen atoms in total. The number of benzene rings is 3. The molecule has 3 rings (SSSR count). The van der Waals surface area contributed by atoms with Crippen LogP contribution in [0.2, 0.25) is 0 Å². The van der Waals surface area contributed by atoms with Crippen molar-refractivity contribution in [3.63, 3.8) is 0 Å². The molecular formula is C25H22F3N3O3S. The topological polar surface area (TPSA) is 101 Å². The highest BCUT2D eigenvalue weighted by Gasteiger charge is 2.30. The number of amides is 2. The molecule has 0 saturated heterocycles. The second-order valence-electron chi connectivity index (χ2n) is 7.65. The van der Waals surface area contributed by atoms with E-state index in [1.54, 1.807) is 30.3 Å². The largest absolute Gasteiger partial charge is 0.416 e. The van der Waals surface area contributed by atoms with Crippen molar-refractivity contribution in [3.8, 4) is 0 Å². The van der Waals surface area contributed by atoms with E-state index in [0.29, 0.717) is 16.8 Å². The number of carbonyl (C=O) groups is 3. The van der Waals surface area contributed by atoms with Gasteiger partial charge in [0.25, 0.3) is 0 Å². The molecule has 0 spiro atoms. The fraction of sp³-hybridized carbons (Fsp3) is 0.160. The van der Waals surface area contributed by atoms with Crippen molar-refractivity contribution in [1.29, 1.82) is 0 Å². The van der Waals surface area contributed by atoms with Crippen LogP contribution in [0.4, 0.5) is 24.5 Å². The first kappa shape index (κ1) is 26.0. The van der Waals surface area contributed by atoms with Crippen LogP contribution in [-0.2, 0) is 22.2 Å². The highest BCUT2D eigenvalue weighted by atomic mass is 32.1. The molecule has 0 heterocycles. The minimum Gasteiger partial charge on any atom is -0.325 e. The quantitative estimate of drug-likeness (QED) is 0.273. The molecule has 3 aromatic carbocycles. The van der Waals surface area contributed by atoms with Crippen LogP contribution in [0.3, 0.4) is 0 Å². The smallest absolute Gasteiger partial charge is 0.325 e. The zero-order valence-electron chi connectivity index (χ0n) is 18.3.